The fraction of sp³-hybridized carbons (Fsp3) is 0.333. The van der Waals surface area contributed by atoms with Gasteiger partial charge >= 0.3 is 0 Å². The summed E-state index contributed by atoms with van der Waals surface area (Å²) >= 11 is 0. The van der Waals surface area contributed by atoms with Crippen LogP contribution in [0.2, 0.25) is 0 Å². The van der Waals surface area contributed by atoms with Gasteiger partial charge in [-0.3, -0.25) is 0 Å². The molecule has 0 N–H and O–H groups in total. The number of ether oxygens (including phenoxy) is 1. The molecule has 2 aromatic carbocycles. The largest absolute Gasteiger partial charge is 0.373 e. The highest BCUT2D eigenvalue weighted by atomic mass is 16.5. The smallest absolute Gasteiger partial charge is 0.136 e. The second-order valence-electron chi connectivity index (χ2n) is 6.76. The van der Waals surface area contributed by atoms with Crippen molar-refractivity contribution in [1.82, 2.24) is 14.8 Å². The Hall–Kier alpha value is -2.46. The minimum absolute atomic E-state index is 0.198. The van der Waals surface area contributed by atoms with Gasteiger partial charge in [-0.1, -0.05) is 60.7 Å². The summed E-state index contributed by atoms with van der Waals surface area (Å²) in [6.07, 6.45) is 4.11. The van der Waals surface area contributed by atoms with Crippen LogP contribution in [0.4, 0.5) is 0 Å². The van der Waals surface area contributed by atoms with Crippen molar-refractivity contribution in [2.45, 2.75) is 37.4 Å². The molecule has 0 bridgehead atoms. The highest BCUT2D eigenvalue weighted by Gasteiger charge is 2.40. The Bertz CT molecular complexity index is 800. The van der Waals surface area contributed by atoms with E-state index < -0.39 is 0 Å². The molecular weight excluding hydrogens is 310 g/mol. The van der Waals surface area contributed by atoms with Crippen LogP contribution in [-0.2, 0) is 18.4 Å². The van der Waals surface area contributed by atoms with Crippen molar-refractivity contribution in [2.75, 3.05) is 0 Å². The first kappa shape index (κ1) is 16.0. The van der Waals surface area contributed by atoms with Crippen molar-refractivity contribution < 1.29 is 4.74 Å². The minimum Gasteiger partial charge on any atom is -0.373 e. The molecule has 0 spiro atoms. The summed E-state index contributed by atoms with van der Waals surface area (Å²) in [6, 6.07) is 21.1. The van der Waals surface area contributed by atoms with Crippen molar-refractivity contribution in [1.29, 1.82) is 0 Å². The average Bonchev–Trinajstić information content (AvgIpc) is 3.27. The van der Waals surface area contributed by atoms with E-state index >= 15 is 0 Å². The molecule has 0 aliphatic heterocycles. The molecule has 0 saturated heterocycles. The summed E-state index contributed by atoms with van der Waals surface area (Å²) < 4.78 is 8.41. The molecule has 0 amide bonds. The SMILES string of the molecule is Cn1cnnc1C1CCC(OCc2ccccc2)C1c1ccccc1. The van der Waals surface area contributed by atoms with Crippen LogP contribution in [0, 0.1) is 0 Å². The molecule has 3 atom stereocenters. The van der Waals surface area contributed by atoms with Crippen LogP contribution >= 0.6 is 0 Å². The fourth-order valence-corrected chi connectivity index (χ4v) is 3.97. The lowest BCUT2D eigenvalue weighted by Crippen LogP contribution is -2.21. The first-order valence-corrected chi connectivity index (χ1v) is 8.87. The summed E-state index contributed by atoms with van der Waals surface area (Å²) in [5.74, 6) is 1.71. The molecule has 1 heterocycles. The van der Waals surface area contributed by atoms with Gasteiger partial charge in [0.2, 0.25) is 0 Å². The Morgan fingerprint density at radius 2 is 1.72 bits per heavy atom. The van der Waals surface area contributed by atoms with Gasteiger partial charge in [0.05, 0.1) is 12.7 Å². The monoisotopic (exact) mass is 333 g/mol. The van der Waals surface area contributed by atoms with E-state index in [1.165, 1.54) is 11.1 Å². The molecule has 3 aromatic rings. The third kappa shape index (κ3) is 3.35. The van der Waals surface area contributed by atoms with Gasteiger partial charge in [-0.2, -0.15) is 0 Å². The maximum Gasteiger partial charge on any atom is 0.136 e. The zero-order chi connectivity index (χ0) is 17.1. The van der Waals surface area contributed by atoms with Gasteiger partial charge in [0.25, 0.3) is 0 Å². The van der Waals surface area contributed by atoms with E-state index in [1.54, 1.807) is 6.33 Å². The third-order valence-electron chi connectivity index (χ3n) is 5.17. The van der Waals surface area contributed by atoms with Gasteiger partial charge in [0.15, 0.2) is 0 Å². The molecule has 4 rings (SSSR count). The Kier molecular flexibility index (Phi) is 4.61. The first-order valence-electron chi connectivity index (χ1n) is 8.87. The lowest BCUT2D eigenvalue weighted by atomic mass is 9.87. The summed E-state index contributed by atoms with van der Waals surface area (Å²) in [5.41, 5.74) is 2.54. The van der Waals surface area contributed by atoms with Crippen molar-refractivity contribution in [2.24, 2.45) is 7.05 Å². The lowest BCUT2D eigenvalue weighted by molar-refractivity contribution is 0.0324. The molecule has 4 nitrogen and oxygen atoms in total. The number of aryl methyl sites for hydroxylation is 1. The Labute approximate surface area is 148 Å². The normalized spacial score (nSPS) is 23.0. The van der Waals surface area contributed by atoms with Gasteiger partial charge in [0.1, 0.15) is 12.2 Å². The molecule has 1 aliphatic carbocycles. The van der Waals surface area contributed by atoms with E-state index in [1.807, 2.05) is 17.7 Å². The molecule has 1 fully saturated rings. The summed E-state index contributed by atoms with van der Waals surface area (Å²) in [7, 11) is 2.02. The number of hydrogen-bond acceptors (Lipinski definition) is 3. The molecule has 25 heavy (non-hydrogen) atoms. The van der Waals surface area contributed by atoms with Crippen LogP contribution in [0.25, 0.3) is 0 Å². The van der Waals surface area contributed by atoms with E-state index in [0.29, 0.717) is 18.4 Å². The zero-order valence-electron chi connectivity index (χ0n) is 14.5. The predicted molar refractivity (Wildman–Crippen MR) is 97.2 cm³/mol. The van der Waals surface area contributed by atoms with Gasteiger partial charge in [-0.05, 0) is 24.0 Å². The summed E-state index contributed by atoms with van der Waals surface area (Å²) in [5, 5.41) is 8.47. The van der Waals surface area contributed by atoms with Gasteiger partial charge in [-0.25, -0.2) is 0 Å². The topological polar surface area (TPSA) is 39.9 Å². The molecule has 3 unspecified atom stereocenters. The molecule has 128 valence electrons. The number of rotatable bonds is 5. The Morgan fingerprint density at radius 1 is 1.00 bits per heavy atom. The Morgan fingerprint density at radius 3 is 2.40 bits per heavy atom. The second-order valence-corrected chi connectivity index (χ2v) is 6.76. The standard InChI is InChI=1S/C21H23N3O/c1-24-15-22-23-21(24)18-12-13-19(20(18)17-10-6-3-7-11-17)25-14-16-8-4-2-5-9-16/h2-11,15,18-20H,12-14H2,1H3. The predicted octanol–water partition coefficient (Wildman–Crippen LogP) is 4.06. The lowest BCUT2D eigenvalue weighted by Gasteiger charge is -2.25. The van der Waals surface area contributed by atoms with Gasteiger partial charge in [-0.15, -0.1) is 10.2 Å². The van der Waals surface area contributed by atoms with Crippen LogP contribution in [-0.4, -0.2) is 20.9 Å². The molecule has 1 aliphatic rings. The Balaban J connectivity index is 1.59. The zero-order valence-corrected chi connectivity index (χ0v) is 14.5. The minimum atomic E-state index is 0.198. The maximum atomic E-state index is 6.37. The molecule has 1 aromatic heterocycles. The average molecular weight is 333 g/mol. The van der Waals surface area contributed by atoms with Crippen molar-refractivity contribution in [3.63, 3.8) is 0 Å². The van der Waals surface area contributed by atoms with Crippen LogP contribution in [0.1, 0.15) is 41.6 Å². The number of aromatic nitrogens is 3. The van der Waals surface area contributed by atoms with Crippen molar-refractivity contribution in [3.05, 3.63) is 83.9 Å². The summed E-state index contributed by atoms with van der Waals surface area (Å²) in [4.78, 5) is 0. The number of nitrogens with zero attached hydrogens (tertiary/aromatic N) is 3. The van der Waals surface area contributed by atoms with E-state index in [-0.39, 0.29) is 6.10 Å². The van der Waals surface area contributed by atoms with Crippen LogP contribution in [0.5, 0.6) is 0 Å². The van der Waals surface area contributed by atoms with Crippen LogP contribution in [0.15, 0.2) is 67.0 Å². The maximum absolute atomic E-state index is 6.37. The van der Waals surface area contributed by atoms with E-state index in [0.717, 1.165) is 18.7 Å². The second kappa shape index (κ2) is 7.19. The van der Waals surface area contributed by atoms with Crippen molar-refractivity contribution in [3.8, 4) is 0 Å². The quantitative estimate of drug-likeness (QED) is 0.707. The molecule has 0 radical (unpaired) electrons. The van der Waals surface area contributed by atoms with Crippen LogP contribution < -0.4 is 0 Å². The molecule has 1 saturated carbocycles. The number of hydrogen-bond donors (Lipinski definition) is 0. The van der Waals surface area contributed by atoms with E-state index in [4.69, 9.17) is 4.74 Å². The highest BCUT2D eigenvalue weighted by molar-refractivity contribution is 5.27. The third-order valence-corrected chi connectivity index (χ3v) is 5.17. The fourth-order valence-electron chi connectivity index (χ4n) is 3.97. The summed E-state index contributed by atoms with van der Waals surface area (Å²) in [6.45, 7) is 0.653. The van der Waals surface area contributed by atoms with E-state index in [9.17, 15) is 0 Å². The first-order chi connectivity index (χ1) is 12.3. The van der Waals surface area contributed by atoms with E-state index in [2.05, 4.69) is 64.8 Å². The number of benzene rings is 2. The van der Waals surface area contributed by atoms with Gasteiger partial charge < -0.3 is 9.30 Å². The molecular formula is C21H23N3O. The highest BCUT2D eigenvalue weighted by Crippen LogP contribution is 2.46. The van der Waals surface area contributed by atoms with Gasteiger partial charge in [0, 0.05) is 18.9 Å². The van der Waals surface area contributed by atoms with Crippen LogP contribution in [0.3, 0.4) is 0 Å². The molecule has 4 heteroatoms. The van der Waals surface area contributed by atoms with Crippen molar-refractivity contribution >= 4 is 0 Å².